The number of carbonyl (C=O) groups is 2. The molecule has 0 saturated heterocycles. The highest BCUT2D eigenvalue weighted by molar-refractivity contribution is 7.92. The Bertz CT molecular complexity index is 1540. The Morgan fingerprint density at radius 2 is 1.63 bits per heavy atom. The van der Waals surface area contributed by atoms with Gasteiger partial charge in [-0.05, 0) is 69.0 Å². The lowest BCUT2D eigenvalue weighted by Crippen LogP contribution is -2.54. The molecule has 2 amide bonds. The van der Waals surface area contributed by atoms with Crippen LogP contribution in [0.25, 0.3) is 0 Å². The Balaban J connectivity index is 1.74. The van der Waals surface area contributed by atoms with Crippen molar-refractivity contribution >= 4 is 50.7 Å². The van der Waals surface area contributed by atoms with E-state index in [1.54, 1.807) is 18.2 Å². The fraction of sp³-hybridized carbons (Fsp3) is 0.394. The van der Waals surface area contributed by atoms with E-state index in [0.717, 1.165) is 53.1 Å². The third-order valence-electron chi connectivity index (χ3n) is 7.84. The number of rotatable bonds is 11. The van der Waals surface area contributed by atoms with Gasteiger partial charge >= 0.3 is 0 Å². The Labute approximate surface area is 265 Å². The van der Waals surface area contributed by atoms with Crippen LogP contribution in [0, 0.1) is 13.8 Å². The van der Waals surface area contributed by atoms with Crippen LogP contribution in [0.5, 0.6) is 0 Å². The normalized spacial score (nSPS) is 14.6. The minimum atomic E-state index is -4.25. The molecule has 1 aliphatic rings. The molecule has 230 valence electrons. The highest BCUT2D eigenvalue weighted by Crippen LogP contribution is 2.33. The smallest absolute Gasteiger partial charge is 0.264 e. The van der Waals surface area contributed by atoms with Crippen LogP contribution >= 0.6 is 23.2 Å². The van der Waals surface area contributed by atoms with Gasteiger partial charge < -0.3 is 10.2 Å². The lowest BCUT2D eigenvalue weighted by atomic mass is 9.95. The molecule has 0 spiro atoms. The molecule has 10 heteroatoms. The molecule has 7 nitrogen and oxygen atoms in total. The molecule has 4 rings (SSSR count). The van der Waals surface area contributed by atoms with Crippen LogP contribution in [0.15, 0.2) is 71.6 Å². The highest BCUT2D eigenvalue weighted by Gasteiger charge is 2.35. The van der Waals surface area contributed by atoms with E-state index in [4.69, 9.17) is 23.2 Å². The summed E-state index contributed by atoms with van der Waals surface area (Å²) in [4.78, 5) is 29.5. The van der Waals surface area contributed by atoms with E-state index in [0.29, 0.717) is 6.42 Å². The van der Waals surface area contributed by atoms with Crippen LogP contribution in [0.2, 0.25) is 10.0 Å². The topological polar surface area (TPSA) is 86.8 Å². The first-order valence-electron chi connectivity index (χ1n) is 14.7. The predicted molar refractivity (Wildman–Crippen MR) is 173 cm³/mol. The number of carbonyl (C=O) groups excluding carboxylic acids is 2. The van der Waals surface area contributed by atoms with Crippen molar-refractivity contribution < 1.29 is 18.0 Å². The first-order chi connectivity index (χ1) is 20.5. The summed E-state index contributed by atoms with van der Waals surface area (Å²) < 4.78 is 29.1. The number of hydrogen-bond acceptors (Lipinski definition) is 4. The third kappa shape index (κ3) is 8.31. The molecule has 0 heterocycles. The van der Waals surface area contributed by atoms with Crippen molar-refractivity contribution in [2.75, 3.05) is 10.8 Å². The van der Waals surface area contributed by atoms with Crippen molar-refractivity contribution in [3.05, 3.63) is 93.5 Å². The minimum Gasteiger partial charge on any atom is -0.352 e. The Morgan fingerprint density at radius 1 is 0.930 bits per heavy atom. The molecule has 0 aliphatic heterocycles. The Hall–Kier alpha value is -3.07. The van der Waals surface area contributed by atoms with Crippen molar-refractivity contribution in [1.82, 2.24) is 10.2 Å². The molecule has 1 fully saturated rings. The van der Waals surface area contributed by atoms with Gasteiger partial charge in [0.25, 0.3) is 10.0 Å². The number of nitrogens with one attached hydrogen (secondary N) is 1. The number of aryl methyl sites for hydroxylation is 2. The number of benzene rings is 3. The molecular weight excluding hydrogens is 605 g/mol. The third-order valence-corrected chi connectivity index (χ3v) is 10.2. The second-order valence-electron chi connectivity index (χ2n) is 11.2. The van der Waals surface area contributed by atoms with Crippen LogP contribution in [-0.2, 0) is 26.2 Å². The summed E-state index contributed by atoms with van der Waals surface area (Å²) in [6, 6.07) is 17.8. The number of amides is 2. The zero-order valence-corrected chi connectivity index (χ0v) is 27.2. The average Bonchev–Trinajstić information content (AvgIpc) is 2.97. The molecule has 0 radical (unpaired) electrons. The predicted octanol–water partition coefficient (Wildman–Crippen LogP) is 7.06. The summed E-state index contributed by atoms with van der Waals surface area (Å²) in [5.41, 5.74) is 2.82. The maximum atomic E-state index is 14.3. The van der Waals surface area contributed by atoms with Gasteiger partial charge in [0, 0.05) is 17.6 Å². The monoisotopic (exact) mass is 643 g/mol. The van der Waals surface area contributed by atoms with Gasteiger partial charge in [0.2, 0.25) is 11.8 Å². The first-order valence-corrected chi connectivity index (χ1v) is 16.9. The Morgan fingerprint density at radius 3 is 2.28 bits per heavy atom. The van der Waals surface area contributed by atoms with Crippen LogP contribution in [0.3, 0.4) is 0 Å². The molecule has 1 N–H and O–H groups in total. The number of nitrogens with zero attached hydrogens (tertiary/aromatic N) is 2. The standard InChI is InChI=1S/C33H39Cl2N3O4S/c1-4-30(33(40)36-27-11-6-5-7-12-27)37(21-25-10-8-9-24(3)19-25)32(39)22-38(31-20-26(34)15-18-29(31)35)43(41,42)28-16-13-23(2)14-17-28/h8-10,13-20,27,30H,4-7,11-12,21-22H2,1-3H3,(H,36,40)/t30-/m0/s1. The molecule has 0 unspecified atom stereocenters. The minimum absolute atomic E-state index is 0.00857. The van der Waals surface area contributed by atoms with Gasteiger partial charge in [0.1, 0.15) is 12.6 Å². The molecule has 1 aliphatic carbocycles. The van der Waals surface area contributed by atoms with Gasteiger partial charge in [-0.2, -0.15) is 0 Å². The number of halogens is 2. The zero-order chi connectivity index (χ0) is 31.1. The molecule has 0 aromatic heterocycles. The number of sulfonamides is 1. The van der Waals surface area contributed by atoms with Crippen molar-refractivity contribution in [2.24, 2.45) is 0 Å². The van der Waals surface area contributed by atoms with Crippen LogP contribution in [0.4, 0.5) is 5.69 Å². The van der Waals surface area contributed by atoms with Gasteiger partial charge in [-0.3, -0.25) is 13.9 Å². The fourth-order valence-corrected chi connectivity index (χ4v) is 7.36. The van der Waals surface area contributed by atoms with E-state index in [1.807, 2.05) is 45.0 Å². The molecule has 43 heavy (non-hydrogen) atoms. The Kier molecular flexibility index (Phi) is 11.2. The second kappa shape index (κ2) is 14.6. The lowest BCUT2D eigenvalue weighted by Gasteiger charge is -2.34. The molecule has 3 aromatic carbocycles. The fourth-order valence-electron chi connectivity index (χ4n) is 5.50. The molecular formula is C33H39Cl2N3O4S. The van der Waals surface area contributed by atoms with E-state index in [-0.39, 0.29) is 39.1 Å². The number of hydrogen-bond donors (Lipinski definition) is 1. The summed E-state index contributed by atoms with van der Waals surface area (Å²) >= 11 is 12.8. The van der Waals surface area contributed by atoms with Gasteiger partial charge in [0.15, 0.2) is 0 Å². The molecule has 1 atom stereocenters. The van der Waals surface area contributed by atoms with Crippen molar-refractivity contribution in [2.45, 2.75) is 82.8 Å². The summed E-state index contributed by atoms with van der Waals surface area (Å²) in [7, 11) is -4.25. The molecule has 0 bridgehead atoms. The van der Waals surface area contributed by atoms with Crippen molar-refractivity contribution in [3.8, 4) is 0 Å². The van der Waals surface area contributed by atoms with E-state index >= 15 is 0 Å². The second-order valence-corrected chi connectivity index (χ2v) is 13.9. The SMILES string of the molecule is CC[C@@H](C(=O)NC1CCCCC1)N(Cc1cccc(C)c1)C(=O)CN(c1cc(Cl)ccc1Cl)S(=O)(=O)c1ccc(C)cc1. The number of anilines is 1. The van der Waals surface area contributed by atoms with Crippen LogP contribution < -0.4 is 9.62 Å². The van der Waals surface area contributed by atoms with Gasteiger partial charge in [0.05, 0.1) is 15.6 Å². The summed E-state index contributed by atoms with van der Waals surface area (Å²) in [5.74, 6) is -0.761. The lowest BCUT2D eigenvalue weighted by molar-refractivity contribution is -0.140. The van der Waals surface area contributed by atoms with Crippen molar-refractivity contribution in [1.29, 1.82) is 0 Å². The molecule has 1 saturated carbocycles. The van der Waals surface area contributed by atoms with E-state index < -0.39 is 28.5 Å². The first kappa shape index (κ1) is 32.8. The van der Waals surface area contributed by atoms with E-state index in [9.17, 15) is 18.0 Å². The van der Waals surface area contributed by atoms with Gasteiger partial charge in [-0.1, -0.05) is 96.9 Å². The molecule has 3 aromatic rings. The maximum Gasteiger partial charge on any atom is 0.264 e. The average molecular weight is 645 g/mol. The maximum absolute atomic E-state index is 14.3. The van der Waals surface area contributed by atoms with Gasteiger partial charge in [-0.25, -0.2) is 8.42 Å². The summed E-state index contributed by atoms with van der Waals surface area (Å²) in [5, 5.41) is 3.56. The summed E-state index contributed by atoms with van der Waals surface area (Å²) in [6.07, 6.45) is 5.44. The van der Waals surface area contributed by atoms with Gasteiger partial charge in [-0.15, -0.1) is 0 Å². The largest absolute Gasteiger partial charge is 0.352 e. The van der Waals surface area contributed by atoms with E-state index in [2.05, 4.69) is 5.32 Å². The van der Waals surface area contributed by atoms with Crippen LogP contribution in [0.1, 0.15) is 62.1 Å². The zero-order valence-electron chi connectivity index (χ0n) is 24.9. The van der Waals surface area contributed by atoms with E-state index in [1.165, 1.54) is 29.2 Å². The quantitative estimate of drug-likeness (QED) is 0.242. The highest BCUT2D eigenvalue weighted by atomic mass is 35.5. The summed E-state index contributed by atoms with van der Waals surface area (Å²) in [6.45, 7) is 5.24. The van der Waals surface area contributed by atoms with Crippen LogP contribution in [-0.4, -0.2) is 43.8 Å². The van der Waals surface area contributed by atoms with Crippen molar-refractivity contribution in [3.63, 3.8) is 0 Å².